The SMILES string of the molecule is O=C(O)CCN(Cc1ccccc1F)C1CCCCC1. The van der Waals surface area contributed by atoms with E-state index in [0.717, 1.165) is 12.8 Å². The molecule has 0 spiro atoms. The summed E-state index contributed by atoms with van der Waals surface area (Å²) in [5.74, 6) is -0.997. The van der Waals surface area contributed by atoms with Crippen LogP contribution in [0.1, 0.15) is 44.1 Å². The number of carboxylic acids is 1. The predicted molar refractivity (Wildman–Crippen MR) is 75.9 cm³/mol. The fraction of sp³-hybridized carbons (Fsp3) is 0.562. The van der Waals surface area contributed by atoms with Crippen molar-refractivity contribution in [3.63, 3.8) is 0 Å². The van der Waals surface area contributed by atoms with Crippen molar-refractivity contribution in [3.8, 4) is 0 Å². The van der Waals surface area contributed by atoms with Crippen molar-refractivity contribution < 1.29 is 14.3 Å². The molecule has 2 rings (SSSR count). The van der Waals surface area contributed by atoms with E-state index in [1.165, 1.54) is 25.3 Å². The fourth-order valence-corrected chi connectivity index (χ4v) is 2.92. The van der Waals surface area contributed by atoms with Gasteiger partial charge in [0.1, 0.15) is 5.82 Å². The van der Waals surface area contributed by atoms with E-state index in [9.17, 15) is 9.18 Å². The summed E-state index contributed by atoms with van der Waals surface area (Å²) in [6.07, 6.45) is 5.92. The van der Waals surface area contributed by atoms with E-state index >= 15 is 0 Å². The maximum Gasteiger partial charge on any atom is 0.304 e. The number of aliphatic carboxylic acids is 1. The normalized spacial score (nSPS) is 16.5. The van der Waals surface area contributed by atoms with Crippen LogP contribution in [0, 0.1) is 5.82 Å². The van der Waals surface area contributed by atoms with Crippen molar-refractivity contribution in [2.75, 3.05) is 6.54 Å². The lowest BCUT2D eigenvalue weighted by Gasteiger charge is -2.34. The molecule has 1 aliphatic carbocycles. The Hall–Kier alpha value is -1.42. The lowest BCUT2D eigenvalue weighted by atomic mass is 9.93. The molecule has 110 valence electrons. The molecule has 1 aliphatic rings. The molecule has 1 aromatic rings. The highest BCUT2D eigenvalue weighted by Gasteiger charge is 2.22. The molecule has 20 heavy (non-hydrogen) atoms. The maximum absolute atomic E-state index is 13.8. The Labute approximate surface area is 119 Å². The van der Waals surface area contributed by atoms with Crippen LogP contribution in [0.25, 0.3) is 0 Å². The van der Waals surface area contributed by atoms with Gasteiger partial charge in [-0.15, -0.1) is 0 Å². The molecule has 0 heterocycles. The van der Waals surface area contributed by atoms with E-state index < -0.39 is 5.97 Å². The zero-order valence-corrected chi connectivity index (χ0v) is 11.7. The number of nitrogens with zero attached hydrogens (tertiary/aromatic N) is 1. The summed E-state index contributed by atoms with van der Waals surface area (Å²) in [6, 6.07) is 7.15. The van der Waals surface area contributed by atoms with Crippen LogP contribution in [-0.2, 0) is 11.3 Å². The summed E-state index contributed by atoms with van der Waals surface area (Å²) in [5.41, 5.74) is 0.656. The van der Waals surface area contributed by atoms with Gasteiger partial charge in [-0.25, -0.2) is 4.39 Å². The van der Waals surface area contributed by atoms with Crippen LogP contribution in [0.3, 0.4) is 0 Å². The van der Waals surface area contributed by atoms with Gasteiger partial charge in [0, 0.05) is 24.7 Å². The molecule has 1 fully saturated rings. The van der Waals surface area contributed by atoms with E-state index in [1.807, 2.05) is 6.07 Å². The fourth-order valence-electron chi connectivity index (χ4n) is 2.92. The van der Waals surface area contributed by atoms with Gasteiger partial charge in [0.05, 0.1) is 6.42 Å². The molecule has 0 radical (unpaired) electrons. The van der Waals surface area contributed by atoms with Crippen LogP contribution in [0.15, 0.2) is 24.3 Å². The molecule has 0 unspecified atom stereocenters. The number of halogens is 1. The molecule has 1 aromatic carbocycles. The first-order chi connectivity index (χ1) is 9.66. The van der Waals surface area contributed by atoms with Crippen molar-refractivity contribution >= 4 is 5.97 Å². The first-order valence-corrected chi connectivity index (χ1v) is 7.36. The van der Waals surface area contributed by atoms with Crippen LogP contribution in [0.2, 0.25) is 0 Å². The number of carboxylic acid groups (broad SMARTS) is 1. The molecule has 1 saturated carbocycles. The van der Waals surface area contributed by atoms with Gasteiger partial charge in [0.2, 0.25) is 0 Å². The second-order valence-corrected chi connectivity index (χ2v) is 5.50. The van der Waals surface area contributed by atoms with Crippen molar-refractivity contribution in [2.24, 2.45) is 0 Å². The minimum atomic E-state index is -0.792. The zero-order valence-electron chi connectivity index (χ0n) is 11.7. The average molecular weight is 279 g/mol. The van der Waals surface area contributed by atoms with Gasteiger partial charge in [-0.3, -0.25) is 9.69 Å². The molecular weight excluding hydrogens is 257 g/mol. The van der Waals surface area contributed by atoms with Crippen molar-refractivity contribution in [1.29, 1.82) is 0 Å². The van der Waals surface area contributed by atoms with Crippen molar-refractivity contribution in [1.82, 2.24) is 4.90 Å². The van der Waals surface area contributed by atoms with Gasteiger partial charge in [0.15, 0.2) is 0 Å². The number of benzene rings is 1. The minimum absolute atomic E-state index is 0.116. The number of hydrogen-bond acceptors (Lipinski definition) is 2. The van der Waals surface area contributed by atoms with E-state index in [0.29, 0.717) is 24.7 Å². The molecule has 0 saturated heterocycles. The van der Waals surface area contributed by atoms with Gasteiger partial charge >= 0.3 is 5.97 Å². The van der Waals surface area contributed by atoms with E-state index in [-0.39, 0.29) is 12.2 Å². The topological polar surface area (TPSA) is 40.5 Å². The highest BCUT2D eigenvalue weighted by molar-refractivity contribution is 5.66. The van der Waals surface area contributed by atoms with E-state index in [2.05, 4.69) is 4.90 Å². The van der Waals surface area contributed by atoms with Crippen LogP contribution in [-0.4, -0.2) is 28.6 Å². The Balaban J connectivity index is 2.04. The van der Waals surface area contributed by atoms with Gasteiger partial charge in [0.25, 0.3) is 0 Å². The molecule has 3 nitrogen and oxygen atoms in total. The van der Waals surface area contributed by atoms with Crippen molar-refractivity contribution in [2.45, 2.75) is 51.1 Å². The van der Waals surface area contributed by atoms with Gasteiger partial charge < -0.3 is 5.11 Å². The highest BCUT2D eigenvalue weighted by Crippen LogP contribution is 2.24. The maximum atomic E-state index is 13.8. The van der Waals surface area contributed by atoms with E-state index in [1.54, 1.807) is 12.1 Å². The largest absolute Gasteiger partial charge is 0.481 e. The minimum Gasteiger partial charge on any atom is -0.481 e. The highest BCUT2D eigenvalue weighted by atomic mass is 19.1. The summed E-state index contributed by atoms with van der Waals surface area (Å²) in [6.45, 7) is 0.999. The zero-order chi connectivity index (χ0) is 14.4. The second kappa shape index (κ2) is 7.39. The molecular formula is C16H22FNO2. The Bertz CT molecular complexity index is 444. The third-order valence-corrected chi connectivity index (χ3v) is 4.04. The monoisotopic (exact) mass is 279 g/mol. The summed E-state index contributed by atoms with van der Waals surface area (Å²) in [7, 11) is 0. The number of hydrogen-bond donors (Lipinski definition) is 1. The van der Waals surface area contributed by atoms with Crippen molar-refractivity contribution in [3.05, 3.63) is 35.6 Å². The van der Waals surface area contributed by atoms with Crippen LogP contribution < -0.4 is 0 Å². The van der Waals surface area contributed by atoms with Gasteiger partial charge in [-0.2, -0.15) is 0 Å². The quantitative estimate of drug-likeness (QED) is 0.867. The molecule has 1 N–H and O–H groups in total. The Morgan fingerprint density at radius 2 is 1.95 bits per heavy atom. The van der Waals surface area contributed by atoms with Gasteiger partial charge in [-0.1, -0.05) is 37.5 Å². The molecule has 0 aromatic heterocycles. The van der Waals surface area contributed by atoms with Gasteiger partial charge in [-0.05, 0) is 18.9 Å². The first-order valence-electron chi connectivity index (χ1n) is 7.36. The first kappa shape index (κ1) is 15.0. The molecule has 0 atom stereocenters. The molecule has 0 amide bonds. The summed E-state index contributed by atoms with van der Waals surface area (Å²) >= 11 is 0. The Morgan fingerprint density at radius 3 is 2.60 bits per heavy atom. The summed E-state index contributed by atoms with van der Waals surface area (Å²) < 4.78 is 13.8. The molecule has 0 bridgehead atoms. The Kier molecular flexibility index (Phi) is 5.53. The number of carbonyl (C=O) groups is 1. The Morgan fingerprint density at radius 1 is 1.25 bits per heavy atom. The van der Waals surface area contributed by atoms with Crippen LogP contribution in [0.5, 0.6) is 0 Å². The third-order valence-electron chi connectivity index (χ3n) is 4.04. The summed E-state index contributed by atoms with van der Waals surface area (Å²) in [5, 5.41) is 8.88. The number of rotatable bonds is 6. The molecule has 4 heteroatoms. The lowest BCUT2D eigenvalue weighted by molar-refractivity contribution is -0.137. The predicted octanol–water partition coefficient (Wildman–Crippen LogP) is 3.44. The standard InChI is InChI=1S/C16H22FNO2/c17-15-9-5-4-6-13(15)12-18(11-10-16(19)20)14-7-2-1-3-8-14/h4-6,9,14H,1-3,7-8,10-12H2,(H,19,20). The molecule has 0 aliphatic heterocycles. The van der Waals surface area contributed by atoms with E-state index in [4.69, 9.17) is 5.11 Å². The third kappa shape index (κ3) is 4.30. The van der Waals surface area contributed by atoms with Crippen LogP contribution >= 0.6 is 0 Å². The van der Waals surface area contributed by atoms with Crippen LogP contribution in [0.4, 0.5) is 4.39 Å². The second-order valence-electron chi connectivity index (χ2n) is 5.50. The smallest absolute Gasteiger partial charge is 0.304 e. The lowest BCUT2D eigenvalue weighted by Crippen LogP contribution is -2.38. The summed E-state index contributed by atoms with van der Waals surface area (Å²) in [4.78, 5) is 12.9. The average Bonchev–Trinajstić information content (AvgIpc) is 2.46.